The van der Waals surface area contributed by atoms with E-state index in [-0.39, 0.29) is 34.4 Å². The van der Waals surface area contributed by atoms with Crippen LogP contribution >= 0.6 is 11.6 Å². The second-order valence-electron chi connectivity index (χ2n) is 6.32. The van der Waals surface area contributed by atoms with Crippen LogP contribution in [-0.4, -0.2) is 31.3 Å². The van der Waals surface area contributed by atoms with Crippen molar-refractivity contribution in [3.63, 3.8) is 0 Å². The molecule has 1 aromatic heterocycles. The summed E-state index contributed by atoms with van der Waals surface area (Å²) >= 11 is 6.04. The highest BCUT2D eigenvalue weighted by Gasteiger charge is 2.15. The molecule has 11 heteroatoms. The molecule has 0 saturated carbocycles. The molecule has 1 heterocycles. The van der Waals surface area contributed by atoms with Crippen molar-refractivity contribution in [2.75, 3.05) is 18.4 Å². The van der Waals surface area contributed by atoms with E-state index in [1.807, 2.05) is 6.92 Å². The average molecular weight is 455 g/mol. The molecular weight excluding hydrogens is 438 g/mol. The fraction of sp³-hybridized carbons (Fsp3) is 0.158. The molecular formula is C19H17ClF2N4O3S. The van der Waals surface area contributed by atoms with Gasteiger partial charge in [0.25, 0.3) is 5.56 Å². The molecule has 0 amide bonds. The summed E-state index contributed by atoms with van der Waals surface area (Å²) < 4.78 is 54.6. The number of halogens is 3. The Hall–Kier alpha value is -2.82. The third-order valence-corrected chi connectivity index (χ3v) is 5.96. The summed E-state index contributed by atoms with van der Waals surface area (Å²) in [4.78, 5) is 12.5. The molecule has 0 unspecified atom stereocenters. The highest BCUT2D eigenvalue weighted by atomic mass is 35.5. The second kappa shape index (κ2) is 8.90. The molecule has 158 valence electrons. The van der Waals surface area contributed by atoms with E-state index in [0.29, 0.717) is 10.7 Å². The van der Waals surface area contributed by atoms with E-state index in [1.165, 1.54) is 18.3 Å². The minimum Gasteiger partial charge on any atom is -0.381 e. The second-order valence-corrected chi connectivity index (χ2v) is 8.47. The highest BCUT2D eigenvalue weighted by Crippen LogP contribution is 2.18. The standard InChI is InChI=1S/C19H17ClF2N4O3S/c1-12-2-5-14(6-3-12)30(28,29)25-9-8-23-16-11-24-26(19(27)18(16)20)17-7-4-13(21)10-15(17)22/h2-7,10-11,23,25H,8-9H2,1H3. The van der Waals surface area contributed by atoms with Crippen molar-refractivity contribution in [2.45, 2.75) is 11.8 Å². The molecule has 7 nitrogen and oxygen atoms in total. The van der Waals surface area contributed by atoms with Crippen LogP contribution in [0.2, 0.25) is 5.02 Å². The summed E-state index contributed by atoms with van der Waals surface area (Å²) in [6.07, 6.45) is 1.20. The van der Waals surface area contributed by atoms with E-state index in [2.05, 4.69) is 15.1 Å². The fourth-order valence-corrected chi connectivity index (χ4v) is 3.79. The number of benzene rings is 2. The van der Waals surface area contributed by atoms with E-state index in [9.17, 15) is 22.0 Å². The van der Waals surface area contributed by atoms with Crippen LogP contribution in [0.15, 0.2) is 58.4 Å². The number of nitrogens with one attached hydrogen (secondary N) is 2. The number of rotatable bonds is 7. The number of hydrogen-bond donors (Lipinski definition) is 2. The van der Waals surface area contributed by atoms with Gasteiger partial charge in [0.2, 0.25) is 10.0 Å². The normalized spacial score (nSPS) is 11.5. The summed E-state index contributed by atoms with van der Waals surface area (Å²) in [5.74, 6) is -1.76. The Balaban J connectivity index is 1.67. The van der Waals surface area contributed by atoms with E-state index in [0.717, 1.165) is 17.7 Å². The van der Waals surface area contributed by atoms with Crippen LogP contribution in [-0.2, 0) is 10.0 Å². The van der Waals surface area contributed by atoms with Crippen LogP contribution in [0.25, 0.3) is 5.69 Å². The van der Waals surface area contributed by atoms with Crippen molar-refractivity contribution in [2.24, 2.45) is 0 Å². The largest absolute Gasteiger partial charge is 0.381 e. The number of sulfonamides is 1. The number of nitrogens with zero attached hydrogens (tertiary/aromatic N) is 2. The zero-order valence-corrected chi connectivity index (χ0v) is 17.3. The quantitative estimate of drug-likeness (QED) is 0.535. The van der Waals surface area contributed by atoms with Gasteiger partial charge in [-0.2, -0.15) is 9.78 Å². The van der Waals surface area contributed by atoms with E-state index in [4.69, 9.17) is 11.6 Å². The predicted octanol–water partition coefficient (Wildman–Crippen LogP) is 2.86. The first-order chi connectivity index (χ1) is 14.2. The summed E-state index contributed by atoms with van der Waals surface area (Å²) in [5, 5.41) is 6.37. The van der Waals surface area contributed by atoms with Gasteiger partial charge < -0.3 is 5.32 Å². The molecule has 0 aliphatic carbocycles. The zero-order valence-electron chi connectivity index (χ0n) is 15.7. The molecule has 0 atom stereocenters. The monoisotopic (exact) mass is 454 g/mol. The Morgan fingerprint density at radius 2 is 1.80 bits per heavy atom. The van der Waals surface area contributed by atoms with Gasteiger partial charge in [-0.3, -0.25) is 4.79 Å². The number of hydrogen-bond acceptors (Lipinski definition) is 5. The van der Waals surface area contributed by atoms with E-state index in [1.54, 1.807) is 12.1 Å². The molecule has 3 rings (SSSR count). The van der Waals surface area contributed by atoms with Crippen LogP contribution in [0.4, 0.5) is 14.5 Å². The van der Waals surface area contributed by atoms with Gasteiger partial charge in [0.1, 0.15) is 16.5 Å². The van der Waals surface area contributed by atoms with Crippen LogP contribution in [0.5, 0.6) is 0 Å². The smallest absolute Gasteiger partial charge is 0.292 e. The highest BCUT2D eigenvalue weighted by molar-refractivity contribution is 7.89. The summed E-state index contributed by atoms with van der Waals surface area (Å²) in [7, 11) is -3.68. The summed E-state index contributed by atoms with van der Waals surface area (Å²) in [5.41, 5.74) is 0.0242. The maximum Gasteiger partial charge on any atom is 0.292 e. The Labute approximate surface area is 176 Å². The summed E-state index contributed by atoms with van der Waals surface area (Å²) in [6, 6.07) is 9.08. The number of anilines is 1. The Morgan fingerprint density at radius 3 is 2.47 bits per heavy atom. The third kappa shape index (κ3) is 4.84. The number of aromatic nitrogens is 2. The van der Waals surface area contributed by atoms with Gasteiger partial charge >= 0.3 is 0 Å². The first kappa shape index (κ1) is 21.9. The average Bonchev–Trinajstić information content (AvgIpc) is 2.69. The van der Waals surface area contributed by atoms with Crippen molar-refractivity contribution in [1.82, 2.24) is 14.5 Å². The van der Waals surface area contributed by atoms with Crippen LogP contribution < -0.4 is 15.6 Å². The van der Waals surface area contributed by atoms with Gasteiger partial charge in [-0.05, 0) is 31.2 Å². The predicted molar refractivity (Wildman–Crippen MR) is 110 cm³/mol. The first-order valence-corrected chi connectivity index (χ1v) is 10.6. The van der Waals surface area contributed by atoms with Gasteiger partial charge in [0, 0.05) is 19.2 Å². The SMILES string of the molecule is Cc1ccc(S(=O)(=O)NCCNc2cnn(-c3ccc(F)cc3F)c(=O)c2Cl)cc1. The minimum atomic E-state index is -3.68. The molecule has 30 heavy (non-hydrogen) atoms. The topological polar surface area (TPSA) is 93.1 Å². The Morgan fingerprint density at radius 1 is 1.10 bits per heavy atom. The molecule has 2 N–H and O–H groups in total. The Bertz CT molecular complexity index is 1230. The van der Waals surface area contributed by atoms with Crippen molar-refractivity contribution < 1.29 is 17.2 Å². The summed E-state index contributed by atoms with van der Waals surface area (Å²) in [6.45, 7) is 1.98. The maximum atomic E-state index is 13.9. The molecule has 0 fully saturated rings. The van der Waals surface area contributed by atoms with Gasteiger partial charge in [-0.1, -0.05) is 29.3 Å². The third-order valence-electron chi connectivity index (χ3n) is 4.12. The fourth-order valence-electron chi connectivity index (χ4n) is 2.56. The molecule has 0 saturated heterocycles. The first-order valence-electron chi connectivity index (χ1n) is 8.72. The van der Waals surface area contributed by atoms with E-state index >= 15 is 0 Å². The number of aryl methyl sites for hydroxylation is 1. The molecule has 0 aliphatic heterocycles. The molecule has 0 aliphatic rings. The van der Waals surface area contributed by atoms with Gasteiger partial charge in [0.05, 0.1) is 16.8 Å². The van der Waals surface area contributed by atoms with Crippen LogP contribution in [0.1, 0.15) is 5.56 Å². The molecule has 0 spiro atoms. The lowest BCUT2D eigenvalue weighted by molar-refractivity contribution is 0.570. The minimum absolute atomic E-state index is 0.0161. The molecule has 0 radical (unpaired) electrons. The van der Waals surface area contributed by atoms with Gasteiger partial charge in [-0.15, -0.1) is 0 Å². The zero-order chi connectivity index (χ0) is 21.9. The van der Waals surface area contributed by atoms with Crippen molar-refractivity contribution in [3.8, 4) is 5.69 Å². The van der Waals surface area contributed by atoms with Crippen LogP contribution in [0, 0.1) is 18.6 Å². The molecule has 3 aromatic rings. The Kier molecular flexibility index (Phi) is 6.49. The van der Waals surface area contributed by atoms with Crippen molar-refractivity contribution in [1.29, 1.82) is 0 Å². The lowest BCUT2D eigenvalue weighted by Gasteiger charge is -2.11. The molecule has 0 bridgehead atoms. The van der Waals surface area contributed by atoms with Crippen LogP contribution in [0.3, 0.4) is 0 Å². The lowest BCUT2D eigenvalue weighted by atomic mass is 10.2. The molecule has 2 aromatic carbocycles. The maximum absolute atomic E-state index is 13.9. The van der Waals surface area contributed by atoms with Crippen molar-refractivity contribution in [3.05, 3.63) is 81.2 Å². The van der Waals surface area contributed by atoms with Gasteiger partial charge in [-0.25, -0.2) is 21.9 Å². The van der Waals surface area contributed by atoms with Crippen molar-refractivity contribution >= 4 is 27.3 Å². The lowest BCUT2D eigenvalue weighted by Crippen LogP contribution is -2.29. The van der Waals surface area contributed by atoms with Gasteiger partial charge in [0.15, 0.2) is 5.82 Å². The van der Waals surface area contributed by atoms with E-state index < -0.39 is 27.2 Å².